The molecule has 0 aliphatic heterocycles. The maximum Gasteiger partial charge on any atom is 0.0637 e. The summed E-state index contributed by atoms with van der Waals surface area (Å²) >= 11 is 6.12. The van der Waals surface area contributed by atoms with Crippen LogP contribution in [-0.4, -0.2) is 18.1 Å². The zero-order chi connectivity index (χ0) is 11.1. The molecule has 0 heterocycles. The highest BCUT2D eigenvalue weighted by Crippen LogP contribution is 2.53. The van der Waals surface area contributed by atoms with Crippen molar-refractivity contribution in [3.8, 4) is 0 Å². The molecule has 3 atom stereocenters. The molecule has 0 amide bonds. The maximum absolute atomic E-state index is 6.12. The normalized spacial score (nSPS) is 38.7. The Kier molecular flexibility index (Phi) is 3.14. The number of rotatable bonds is 3. The fourth-order valence-electron chi connectivity index (χ4n) is 2.99. The average molecular weight is 229 g/mol. The second-order valence-corrected chi connectivity index (χ2v) is 5.91. The molecule has 0 saturated heterocycles. The maximum atomic E-state index is 6.12. The topological polar surface area (TPSA) is 9.23 Å². The number of hydrogen-bond donors (Lipinski definition) is 0. The Morgan fingerprint density at radius 1 is 1.53 bits per heavy atom. The Balaban J connectivity index is 2.00. The lowest BCUT2D eigenvalue weighted by Gasteiger charge is -2.52. The van der Waals surface area contributed by atoms with E-state index in [2.05, 4.69) is 26.8 Å². The summed E-state index contributed by atoms with van der Waals surface area (Å²) in [6.07, 6.45) is 6.24. The van der Waals surface area contributed by atoms with Gasteiger partial charge < -0.3 is 4.74 Å². The quantitative estimate of drug-likeness (QED) is 0.528. The summed E-state index contributed by atoms with van der Waals surface area (Å²) in [5, 5.41) is 0.280. The standard InChI is InChI=1S/C13H21ClO/c1-4-15-12-8-11(13(12,2)3)9-5-6-10(14)7-9/h7,10-12H,4-6,8H2,1-3H3. The Labute approximate surface area is 97.8 Å². The van der Waals surface area contributed by atoms with Crippen molar-refractivity contribution in [2.45, 2.75) is 51.5 Å². The summed E-state index contributed by atoms with van der Waals surface area (Å²) in [6, 6.07) is 0. The highest BCUT2D eigenvalue weighted by atomic mass is 35.5. The van der Waals surface area contributed by atoms with Crippen molar-refractivity contribution in [3.63, 3.8) is 0 Å². The summed E-state index contributed by atoms with van der Waals surface area (Å²) in [4.78, 5) is 0. The minimum absolute atomic E-state index is 0.280. The fraction of sp³-hybridized carbons (Fsp3) is 0.846. The molecule has 2 aliphatic rings. The van der Waals surface area contributed by atoms with Crippen molar-refractivity contribution in [3.05, 3.63) is 11.6 Å². The Morgan fingerprint density at radius 2 is 2.27 bits per heavy atom. The van der Waals surface area contributed by atoms with Gasteiger partial charge in [-0.05, 0) is 37.5 Å². The van der Waals surface area contributed by atoms with Crippen LogP contribution in [0.2, 0.25) is 0 Å². The second-order valence-electron chi connectivity index (χ2n) is 5.35. The van der Waals surface area contributed by atoms with Crippen LogP contribution in [0.5, 0.6) is 0 Å². The first-order chi connectivity index (χ1) is 7.05. The van der Waals surface area contributed by atoms with Gasteiger partial charge in [0.1, 0.15) is 0 Å². The second kappa shape index (κ2) is 4.10. The molecule has 15 heavy (non-hydrogen) atoms. The van der Waals surface area contributed by atoms with Gasteiger partial charge in [0, 0.05) is 6.61 Å². The summed E-state index contributed by atoms with van der Waals surface area (Å²) in [5.41, 5.74) is 1.89. The van der Waals surface area contributed by atoms with Gasteiger partial charge in [-0.15, -0.1) is 11.6 Å². The third-order valence-electron chi connectivity index (χ3n) is 4.10. The van der Waals surface area contributed by atoms with Crippen LogP contribution in [0.3, 0.4) is 0 Å². The molecule has 0 spiro atoms. The van der Waals surface area contributed by atoms with Crippen molar-refractivity contribution in [2.75, 3.05) is 6.61 Å². The van der Waals surface area contributed by atoms with Gasteiger partial charge in [-0.2, -0.15) is 0 Å². The lowest BCUT2D eigenvalue weighted by atomic mass is 9.57. The van der Waals surface area contributed by atoms with Crippen LogP contribution in [0.4, 0.5) is 0 Å². The minimum atomic E-state index is 0.280. The van der Waals surface area contributed by atoms with Crippen molar-refractivity contribution < 1.29 is 4.74 Å². The third-order valence-corrected chi connectivity index (χ3v) is 4.44. The molecule has 2 heteroatoms. The SMILES string of the molecule is CCOC1CC(C2=CC(Cl)CC2)C1(C)C. The molecule has 86 valence electrons. The molecule has 0 bridgehead atoms. The van der Waals surface area contributed by atoms with E-state index in [0.717, 1.165) is 13.0 Å². The zero-order valence-electron chi connectivity index (χ0n) is 9.92. The largest absolute Gasteiger partial charge is 0.378 e. The Hall–Kier alpha value is -0.0100. The van der Waals surface area contributed by atoms with Gasteiger partial charge in [-0.1, -0.05) is 25.5 Å². The molecular weight excluding hydrogens is 208 g/mol. The summed E-state index contributed by atoms with van der Waals surface area (Å²) in [5.74, 6) is 0.706. The van der Waals surface area contributed by atoms with Gasteiger partial charge in [-0.25, -0.2) is 0 Å². The molecule has 1 nitrogen and oxygen atoms in total. The molecule has 0 N–H and O–H groups in total. The average Bonchev–Trinajstić information content (AvgIpc) is 2.58. The van der Waals surface area contributed by atoms with Gasteiger partial charge in [-0.3, -0.25) is 0 Å². The van der Waals surface area contributed by atoms with Gasteiger partial charge in [0.2, 0.25) is 0 Å². The van der Waals surface area contributed by atoms with Crippen molar-refractivity contribution >= 4 is 11.6 Å². The molecule has 2 aliphatic carbocycles. The van der Waals surface area contributed by atoms with Gasteiger partial charge >= 0.3 is 0 Å². The zero-order valence-corrected chi connectivity index (χ0v) is 10.7. The third kappa shape index (κ3) is 1.97. The monoisotopic (exact) mass is 228 g/mol. The molecule has 1 saturated carbocycles. The highest BCUT2D eigenvalue weighted by molar-refractivity contribution is 6.22. The number of hydrogen-bond acceptors (Lipinski definition) is 1. The number of ether oxygens (including phenoxy) is 1. The van der Waals surface area contributed by atoms with Crippen molar-refractivity contribution in [1.29, 1.82) is 0 Å². The van der Waals surface area contributed by atoms with Crippen LogP contribution in [0.15, 0.2) is 11.6 Å². The van der Waals surface area contributed by atoms with Gasteiger partial charge in [0.05, 0.1) is 11.5 Å². The van der Waals surface area contributed by atoms with E-state index in [1.165, 1.54) is 12.8 Å². The Bertz CT molecular complexity index is 270. The highest BCUT2D eigenvalue weighted by Gasteiger charge is 2.50. The molecule has 2 rings (SSSR count). The van der Waals surface area contributed by atoms with Crippen LogP contribution in [0.1, 0.15) is 40.0 Å². The van der Waals surface area contributed by atoms with Gasteiger partial charge in [0.15, 0.2) is 0 Å². The number of alkyl halides is 1. The van der Waals surface area contributed by atoms with E-state index >= 15 is 0 Å². The fourth-order valence-corrected chi connectivity index (χ4v) is 3.26. The molecule has 0 aromatic heterocycles. The van der Waals surface area contributed by atoms with Crippen LogP contribution in [0.25, 0.3) is 0 Å². The van der Waals surface area contributed by atoms with E-state index in [0.29, 0.717) is 17.4 Å². The van der Waals surface area contributed by atoms with Crippen molar-refractivity contribution in [2.24, 2.45) is 11.3 Å². The van der Waals surface area contributed by atoms with E-state index in [4.69, 9.17) is 16.3 Å². The molecule has 0 aromatic rings. The lowest BCUT2D eigenvalue weighted by Crippen LogP contribution is -2.51. The molecule has 1 fully saturated rings. The van der Waals surface area contributed by atoms with Gasteiger partial charge in [0.25, 0.3) is 0 Å². The smallest absolute Gasteiger partial charge is 0.0637 e. The minimum Gasteiger partial charge on any atom is -0.378 e. The molecule has 3 unspecified atom stereocenters. The van der Waals surface area contributed by atoms with Crippen LogP contribution < -0.4 is 0 Å². The summed E-state index contributed by atoms with van der Waals surface area (Å²) in [7, 11) is 0. The van der Waals surface area contributed by atoms with Crippen LogP contribution >= 0.6 is 11.6 Å². The van der Waals surface area contributed by atoms with E-state index in [1.807, 2.05) is 0 Å². The lowest BCUT2D eigenvalue weighted by molar-refractivity contribution is -0.123. The van der Waals surface area contributed by atoms with Crippen LogP contribution in [-0.2, 0) is 4.74 Å². The molecule has 0 aromatic carbocycles. The summed E-state index contributed by atoms with van der Waals surface area (Å²) < 4.78 is 5.75. The van der Waals surface area contributed by atoms with E-state index in [-0.39, 0.29) is 5.38 Å². The van der Waals surface area contributed by atoms with E-state index < -0.39 is 0 Å². The molecule has 0 radical (unpaired) electrons. The Morgan fingerprint density at radius 3 is 2.73 bits per heavy atom. The summed E-state index contributed by atoms with van der Waals surface area (Å²) in [6.45, 7) is 7.55. The first-order valence-electron chi connectivity index (χ1n) is 6.02. The van der Waals surface area contributed by atoms with Crippen molar-refractivity contribution in [1.82, 2.24) is 0 Å². The van der Waals surface area contributed by atoms with E-state index in [9.17, 15) is 0 Å². The van der Waals surface area contributed by atoms with Crippen LogP contribution in [0, 0.1) is 11.3 Å². The first-order valence-corrected chi connectivity index (χ1v) is 6.45. The van der Waals surface area contributed by atoms with E-state index in [1.54, 1.807) is 5.57 Å². The predicted octanol–water partition coefficient (Wildman–Crippen LogP) is 3.77. The number of allylic oxidation sites excluding steroid dienone is 2. The molecular formula is C13H21ClO. The first kappa shape index (κ1) is 11.5. The number of halogens is 1. The predicted molar refractivity (Wildman–Crippen MR) is 64.3 cm³/mol.